The van der Waals surface area contributed by atoms with Gasteiger partial charge in [-0.2, -0.15) is 0 Å². The van der Waals surface area contributed by atoms with Crippen LogP contribution >= 0.6 is 0 Å². The zero-order valence-electron chi connectivity index (χ0n) is 11.8. The van der Waals surface area contributed by atoms with Crippen LogP contribution in [-0.4, -0.2) is 15.6 Å². The highest BCUT2D eigenvalue weighted by Gasteiger charge is 2.16. The number of aromatic carboxylic acids is 1. The monoisotopic (exact) mass is 257 g/mol. The fourth-order valence-corrected chi connectivity index (χ4v) is 2.48. The van der Waals surface area contributed by atoms with E-state index < -0.39 is 5.97 Å². The summed E-state index contributed by atoms with van der Waals surface area (Å²) in [6.45, 7) is 8.51. The minimum Gasteiger partial charge on any atom is -0.477 e. The number of carboxylic acids is 1. The molecule has 1 aromatic heterocycles. The van der Waals surface area contributed by atoms with Gasteiger partial charge in [0.1, 0.15) is 5.69 Å². The lowest BCUT2D eigenvalue weighted by molar-refractivity contribution is 0.0684. The lowest BCUT2D eigenvalue weighted by Gasteiger charge is -2.12. The molecule has 0 bridgehead atoms. The molecule has 3 nitrogen and oxygen atoms in total. The molecule has 2 aromatic rings. The molecule has 0 fully saturated rings. The normalized spacial score (nSPS) is 10.7. The smallest absolute Gasteiger partial charge is 0.352 e. The highest BCUT2D eigenvalue weighted by Crippen LogP contribution is 2.19. The topological polar surface area (TPSA) is 42.2 Å². The molecule has 0 saturated carbocycles. The average Bonchev–Trinajstić information content (AvgIpc) is 2.59. The van der Waals surface area contributed by atoms with E-state index in [9.17, 15) is 9.90 Å². The predicted molar refractivity (Wildman–Crippen MR) is 75.9 cm³/mol. The van der Waals surface area contributed by atoms with Gasteiger partial charge in [-0.3, -0.25) is 0 Å². The maximum absolute atomic E-state index is 11.4. The summed E-state index contributed by atoms with van der Waals surface area (Å²) in [5, 5.41) is 9.34. The number of hydrogen-bond acceptors (Lipinski definition) is 1. The van der Waals surface area contributed by atoms with Crippen LogP contribution in [0.15, 0.2) is 24.3 Å². The van der Waals surface area contributed by atoms with Crippen molar-refractivity contribution in [2.45, 2.75) is 34.2 Å². The molecule has 0 spiro atoms. The third-order valence-corrected chi connectivity index (χ3v) is 3.53. The second-order valence-corrected chi connectivity index (χ2v) is 5.14. The quantitative estimate of drug-likeness (QED) is 0.914. The zero-order valence-corrected chi connectivity index (χ0v) is 11.8. The van der Waals surface area contributed by atoms with Gasteiger partial charge in [-0.05, 0) is 50.5 Å². The van der Waals surface area contributed by atoms with Crippen LogP contribution in [0.1, 0.15) is 38.4 Å². The summed E-state index contributed by atoms with van der Waals surface area (Å²) < 4.78 is 1.87. The molecule has 0 unspecified atom stereocenters. The van der Waals surface area contributed by atoms with E-state index >= 15 is 0 Å². The molecule has 1 aromatic carbocycles. The molecule has 0 radical (unpaired) electrons. The van der Waals surface area contributed by atoms with Gasteiger partial charge < -0.3 is 9.67 Å². The SMILES string of the molecule is Cc1ccc(C)c(Cn2c(C)cc(C)c2C(=O)O)c1. The lowest BCUT2D eigenvalue weighted by Crippen LogP contribution is -2.12. The summed E-state index contributed by atoms with van der Waals surface area (Å²) in [5.41, 5.74) is 5.73. The third kappa shape index (κ3) is 2.55. The molecule has 0 atom stereocenters. The van der Waals surface area contributed by atoms with Crippen molar-refractivity contribution >= 4 is 5.97 Å². The van der Waals surface area contributed by atoms with Crippen molar-refractivity contribution in [1.82, 2.24) is 4.57 Å². The molecule has 0 saturated heterocycles. The standard InChI is InChI=1S/C16H19NO2/c1-10-5-6-11(2)14(7-10)9-17-13(4)8-12(3)15(17)16(18)19/h5-8H,9H2,1-4H3,(H,18,19). The second kappa shape index (κ2) is 4.92. The first-order valence-electron chi connectivity index (χ1n) is 6.36. The first-order valence-corrected chi connectivity index (χ1v) is 6.36. The summed E-state index contributed by atoms with van der Waals surface area (Å²) in [5.74, 6) is -0.865. The summed E-state index contributed by atoms with van der Waals surface area (Å²) in [6.07, 6.45) is 0. The Balaban J connectivity index is 2.49. The fraction of sp³-hybridized carbons (Fsp3) is 0.312. The van der Waals surface area contributed by atoms with Gasteiger partial charge >= 0.3 is 5.97 Å². The van der Waals surface area contributed by atoms with Crippen molar-refractivity contribution in [1.29, 1.82) is 0 Å². The Morgan fingerprint density at radius 1 is 1.11 bits per heavy atom. The van der Waals surface area contributed by atoms with Gasteiger partial charge in [0, 0.05) is 12.2 Å². The number of carbonyl (C=O) groups is 1. The molecule has 1 N–H and O–H groups in total. The van der Waals surface area contributed by atoms with Crippen molar-refractivity contribution in [3.05, 3.63) is 57.9 Å². The average molecular weight is 257 g/mol. The van der Waals surface area contributed by atoms with Crippen LogP contribution < -0.4 is 0 Å². The molecule has 19 heavy (non-hydrogen) atoms. The van der Waals surface area contributed by atoms with Gasteiger partial charge in [0.05, 0.1) is 0 Å². The van der Waals surface area contributed by atoms with Gasteiger partial charge in [0.2, 0.25) is 0 Å². The number of rotatable bonds is 3. The highest BCUT2D eigenvalue weighted by molar-refractivity contribution is 5.88. The number of hydrogen-bond donors (Lipinski definition) is 1. The predicted octanol–water partition coefficient (Wildman–Crippen LogP) is 3.47. The molecule has 1 heterocycles. The molecular weight excluding hydrogens is 238 g/mol. The van der Waals surface area contributed by atoms with E-state index in [1.54, 1.807) is 0 Å². The molecule has 100 valence electrons. The van der Waals surface area contributed by atoms with E-state index in [0.29, 0.717) is 12.2 Å². The Bertz CT molecular complexity index is 638. The first kappa shape index (κ1) is 13.4. The van der Waals surface area contributed by atoms with Crippen LogP contribution in [-0.2, 0) is 6.54 Å². The van der Waals surface area contributed by atoms with Crippen molar-refractivity contribution in [3.63, 3.8) is 0 Å². The van der Waals surface area contributed by atoms with Crippen molar-refractivity contribution in [2.75, 3.05) is 0 Å². The molecule has 0 amide bonds. The van der Waals surface area contributed by atoms with Crippen molar-refractivity contribution < 1.29 is 9.90 Å². The molecule has 0 aliphatic rings. The van der Waals surface area contributed by atoms with E-state index in [0.717, 1.165) is 11.3 Å². The van der Waals surface area contributed by atoms with Gasteiger partial charge in [-0.1, -0.05) is 23.8 Å². The Morgan fingerprint density at radius 3 is 2.42 bits per heavy atom. The largest absolute Gasteiger partial charge is 0.477 e. The molecule has 2 rings (SSSR count). The van der Waals surface area contributed by atoms with Crippen LogP contribution in [0.2, 0.25) is 0 Å². The molecular formula is C16H19NO2. The molecule has 0 aliphatic carbocycles. The van der Waals surface area contributed by atoms with Gasteiger partial charge in [-0.15, -0.1) is 0 Å². The minimum absolute atomic E-state index is 0.387. The maximum Gasteiger partial charge on any atom is 0.352 e. The first-order chi connectivity index (χ1) is 8.90. The fourth-order valence-electron chi connectivity index (χ4n) is 2.48. The van der Waals surface area contributed by atoms with Crippen LogP contribution in [0, 0.1) is 27.7 Å². The number of carboxylic acid groups (broad SMARTS) is 1. The van der Waals surface area contributed by atoms with Gasteiger partial charge in [0.25, 0.3) is 0 Å². The van der Waals surface area contributed by atoms with E-state index in [2.05, 4.69) is 32.0 Å². The molecule has 0 aliphatic heterocycles. The second-order valence-electron chi connectivity index (χ2n) is 5.14. The van der Waals surface area contributed by atoms with E-state index in [1.807, 2.05) is 24.5 Å². The minimum atomic E-state index is -0.865. The summed E-state index contributed by atoms with van der Waals surface area (Å²) in [7, 11) is 0. The number of nitrogens with zero attached hydrogens (tertiary/aromatic N) is 1. The van der Waals surface area contributed by atoms with Crippen LogP contribution in [0.5, 0.6) is 0 Å². The molecule has 3 heteroatoms. The zero-order chi connectivity index (χ0) is 14.2. The van der Waals surface area contributed by atoms with Crippen molar-refractivity contribution in [2.24, 2.45) is 0 Å². The van der Waals surface area contributed by atoms with Gasteiger partial charge in [-0.25, -0.2) is 4.79 Å². The number of benzene rings is 1. The number of aromatic nitrogens is 1. The maximum atomic E-state index is 11.4. The Hall–Kier alpha value is -2.03. The third-order valence-electron chi connectivity index (χ3n) is 3.53. The van der Waals surface area contributed by atoms with Crippen LogP contribution in [0.25, 0.3) is 0 Å². The van der Waals surface area contributed by atoms with Gasteiger partial charge in [0.15, 0.2) is 0 Å². The Labute approximate surface area is 113 Å². The number of aryl methyl sites for hydroxylation is 4. The lowest BCUT2D eigenvalue weighted by atomic mass is 10.1. The van der Waals surface area contributed by atoms with E-state index in [-0.39, 0.29) is 0 Å². The van der Waals surface area contributed by atoms with Crippen LogP contribution in [0.4, 0.5) is 0 Å². The highest BCUT2D eigenvalue weighted by atomic mass is 16.4. The summed E-state index contributed by atoms with van der Waals surface area (Å²) >= 11 is 0. The summed E-state index contributed by atoms with van der Waals surface area (Å²) in [4.78, 5) is 11.4. The summed E-state index contributed by atoms with van der Waals surface area (Å²) in [6, 6.07) is 8.20. The Kier molecular flexibility index (Phi) is 3.47. The van der Waals surface area contributed by atoms with Crippen molar-refractivity contribution in [3.8, 4) is 0 Å². The Morgan fingerprint density at radius 2 is 1.79 bits per heavy atom. The van der Waals surface area contributed by atoms with Crippen LogP contribution in [0.3, 0.4) is 0 Å². The van der Waals surface area contributed by atoms with E-state index in [4.69, 9.17) is 0 Å². The van der Waals surface area contributed by atoms with E-state index in [1.165, 1.54) is 16.7 Å².